The molecule has 0 amide bonds. The highest BCUT2D eigenvalue weighted by atomic mass is 32.1. The van der Waals surface area contributed by atoms with Crippen LogP contribution in [0.1, 0.15) is 20.7 Å². The Hall–Kier alpha value is -1.66. The minimum absolute atomic E-state index is 0.185. The van der Waals surface area contributed by atoms with Crippen LogP contribution in [0.4, 0.5) is 0 Å². The maximum atomic E-state index is 10.9. The van der Waals surface area contributed by atoms with E-state index in [0.29, 0.717) is 9.75 Å². The Balaban J connectivity index is 2.46. The van der Waals surface area contributed by atoms with Crippen LogP contribution >= 0.6 is 22.7 Å². The van der Waals surface area contributed by atoms with Crippen LogP contribution in [-0.2, 0) is 0 Å². The summed E-state index contributed by atoms with van der Waals surface area (Å²) in [5, 5.41) is 20.9. The fourth-order valence-corrected chi connectivity index (χ4v) is 3.16. The van der Waals surface area contributed by atoms with Crippen LogP contribution in [0.5, 0.6) is 0 Å². The first-order valence-electron chi connectivity index (χ1n) is 4.22. The van der Waals surface area contributed by atoms with E-state index in [0.717, 1.165) is 0 Å². The number of carbonyl (C=O) groups is 2. The lowest BCUT2D eigenvalue weighted by Gasteiger charge is -1.94. The summed E-state index contributed by atoms with van der Waals surface area (Å²) in [6.45, 7) is 0. The molecule has 0 atom stereocenters. The smallest absolute Gasteiger partial charge is 0.337 e. The molecule has 0 aliphatic carbocycles. The average Bonchev–Trinajstić information content (AvgIpc) is 2.86. The van der Waals surface area contributed by atoms with Crippen molar-refractivity contribution in [3.05, 3.63) is 34.0 Å². The molecule has 2 aromatic rings. The maximum absolute atomic E-state index is 10.9. The zero-order valence-electron chi connectivity index (χ0n) is 7.84. The molecule has 4 nitrogen and oxygen atoms in total. The normalized spacial score (nSPS) is 10.2. The predicted molar refractivity (Wildman–Crippen MR) is 61.6 cm³/mol. The molecule has 82 valence electrons. The third-order valence-corrected chi connectivity index (χ3v) is 3.99. The van der Waals surface area contributed by atoms with Crippen molar-refractivity contribution < 1.29 is 19.8 Å². The third kappa shape index (κ3) is 1.84. The van der Waals surface area contributed by atoms with Crippen molar-refractivity contribution in [3.63, 3.8) is 0 Å². The molecule has 0 unspecified atom stereocenters. The molecule has 16 heavy (non-hydrogen) atoms. The second-order valence-corrected chi connectivity index (χ2v) is 4.80. The van der Waals surface area contributed by atoms with Crippen LogP contribution < -0.4 is 0 Å². The monoisotopic (exact) mass is 254 g/mol. The van der Waals surface area contributed by atoms with E-state index in [1.807, 2.05) is 0 Å². The molecule has 0 aromatic carbocycles. The third-order valence-electron chi connectivity index (χ3n) is 1.97. The first-order valence-corrected chi connectivity index (χ1v) is 5.98. The summed E-state index contributed by atoms with van der Waals surface area (Å²) in [6, 6.07) is 3.01. The quantitative estimate of drug-likeness (QED) is 0.883. The maximum Gasteiger partial charge on any atom is 0.337 e. The molecule has 0 saturated heterocycles. The number of carboxylic acid groups (broad SMARTS) is 2. The number of carboxylic acids is 2. The SMILES string of the molecule is O=C(O)c1csc(-c2sccc2C(=O)O)c1. The Kier molecular flexibility index (Phi) is 2.76. The van der Waals surface area contributed by atoms with Gasteiger partial charge in [-0.15, -0.1) is 22.7 Å². The summed E-state index contributed by atoms with van der Waals surface area (Å²) in [6.07, 6.45) is 0. The molecule has 6 heteroatoms. The van der Waals surface area contributed by atoms with Gasteiger partial charge in [0, 0.05) is 10.3 Å². The van der Waals surface area contributed by atoms with Gasteiger partial charge in [0.2, 0.25) is 0 Å². The van der Waals surface area contributed by atoms with Crippen LogP contribution in [0.3, 0.4) is 0 Å². The zero-order valence-corrected chi connectivity index (χ0v) is 9.47. The molecule has 0 aliphatic heterocycles. The molecule has 0 bridgehead atoms. The second kappa shape index (κ2) is 4.07. The van der Waals surface area contributed by atoms with Crippen LogP contribution in [-0.4, -0.2) is 22.2 Å². The van der Waals surface area contributed by atoms with E-state index in [1.165, 1.54) is 40.2 Å². The minimum atomic E-state index is -1.00. The van der Waals surface area contributed by atoms with Crippen LogP contribution in [0, 0.1) is 0 Å². The minimum Gasteiger partial charge on any atom is -0.478 e. The number of thiophene rings is 2. The van der Waals surface area contributed by atoms with Gasteiger partial charge in [-0.2, -0.15) is 0 Å². The molecule has 2 aromatic heterocycles. The number of rotatable bonds is 3. The van der Waals surface area contributed by atoms with Gasteiger partial charge in [-0.25, -0.2) is 9.59 Å². The molecule has 0 radical (unpaired) electrons. The first-order chi connectivity index (χ1) is 7.59. The van der Waals surface area contributed by atoms with Gasteiger partial charge in [-0.05, 0) is 17.5 Å². The van der Waals surface area contributed by atoms with Gasteiger partial charge in [-0.3, -0.25) is 0 Å². The number of aromatic carboxylic acids is 2. The number of hydrogen-bond donors (Lipinski definition) is 2. The van der Waals surface area contributed by atoms with Crippen molar-refractivity contribution in [2.24, 2.45) is 0 Å². The second-order valence-electron chi connectivity index (χ2n) is 2.97. The van der Waals surface area contributed by atoms with Crippen LogP contribution in [0.15, 0.2) is 22.9 Å². The molecule has 2 rings (SSSR count). The Labute approximate surface area is 98.4 Å². The highest BCUT2D eigenvalue weighted by Gasteiger charge is 2.16. The molecular formula is C10H6O4S2. The summed E-state index contributed by atoms with van der Waals surface area (Å²) in [4.78, 5) is 22.9. The van der Waals surface area contributed by atoms with E-state index in [4.69, 9.17) is 10.2 Å². The van der Waals surface area contributed by atoms with E-state index >= 15 is 0 Å². The Morgan fingerprint density at radius 2 is 1.88 bits per heavy atom. The largest absolute Gasteiger partial charge is 0.478 e. The molecule has 2 heterocycles. The average molecular weight is 254 g/mol. The Morgan fingerprint density at radius 3 is 2.44 bits per heavy atom. The highest BCUT2D eigenvalue weighted by Crippen LogP contribution is 2.34. The Bertz CT molecular complexity index is 553. The molecule has 0 spiro atoms. The van der Waals surface area contributed by atoms with Crippen molar-refractivity contribution in [1.82, 2.24) is 0 Å². The van der Waals surface area contributed by atoms with E-state index < -0.39 is 11.9 Å². The van der Waals surface area contributed by atoms with Crippen molar-refractivity contribution >= 4 is 34.6 Å². The van der Waals surface area contributed by atoms with Gasteiger partial charge >= 0.3 is 11.9 Å². The summed E-state index contributed by atoms with van der Waals surface area (Å²) in [5.74, 6) is -2.00. The van der Waals surface area contributed by atoms with E-state index in [2.05, 4.69) is 0 Å². The summed E-state index contributed by atoms with van der Waals surface area (Å²) >= 11 is 2.53. The van der Waals surface area contributed by atoms with Crippen molar-refractivity contribution in [2.45, 2.75) is 0 Å². The van der Waals surface area contributed by atoms with Crippen LogP contribution in [0.25, 0.3) is 9.75 Å². The summed E-state index contributed by atoms with van der Waals surface area (Å²) in [7, 11) is 0. The summed E-state index contributed by atoms with van der Waals surface area (Å²) < 4.78 is 0. The van der Waals surface area contributed by atoms with E-state index in [9.17, 15) is 9.59 Å². The van der Waals surface area contributed by atoms with Gasteiger partial charge in [0.05, 0.1) is 16.0 Å². The van der Waals surface area contributed by atoms with Gasteiger partial charge in [-0.1, -0.05) is 0 Å². The molecule has 0 aliphatic rings. The lowest BCUT2D eigenvalue weighted by molar-refractivity contribution is 0.0687. The lowest BCUT2D eigenvalue weighted by Crippen LogP contribution is -1.95. The fourth-order valence-electron chi connectivity index (χ4n) is 1.24. The van der Waals surface area contributed by atoms with E-state index in [-0.39, 0.29) is 11.1 Å². The predicted octanol–water partition coefficient (Wildman–Crippen LogP) is 2.87. The number of hydrogen-bond acceptors (Lipinski definition) is 4. The van der Waals surface area contributed by atoms with Crippen molar-refractivity contribution in [1.29, 1.82) is 0 Å². The lowest BCUT2D eigenvalue weighted by atomic mass is 10.2. The topological polar surface area (TPSA) is 74.6 Å². The molecule has 0 saturated carbocycles. The van der Waals surface area contributed by atoms with Crippen molar-refractivity contribution in [2.75, 3.05) is 0 Å². The van der Waals surface area contributed by atoms with Gasteiger partial charge < -0.3 is 10.2 Å². The standard InChI is InChI=1S/C10H6O4S2/c11-9(12)5-3-7(16-4-5)8-6(10(13)14)1-2-15-8/h1-4H,(H,11,12)(H,13,14). The van der Waals surface area contributed by atoms with Crippen molar-refractivity contribution in [3.8, 4) is 9.75 Å². The molecule has 0 fully saturated rings. The van der Waals surface area contributed by atoms with Gasteiger partial charge in [0.15, 0.2) is 0 Å². The Morgan fingerprint density at radius 1 is 1.12 bits per heavy atom. The fraction of sp³-hybridized carbons (Fsp3) is 0. The first kappa shape index (κ1) is 10.8. The highest BCUT2D eigenvalue weighted by molar-refractivity contribution is 7.20. The molecule has 2 N–H and O–H groups in total. The summed E-state index contributed by atoms with van der Waals surface area (Å²) in [5.41, 5.74) is 0.397. The zero-order chi connectivity index (χ0) is 11.7. The molecular weight excluding hydrogens is 248 g/mol. The van der Waals surface area contributed by atoms with Gasteiger partial charge in [0.25, 0.3) is 0 Å². The van der Waals surface area contributed by atoms with E-state index in [1.54, 1.807) is 5.38 Å². The van der Waals surface area contributed by atoms with Gasteiger partial charge in [0.1, 0.15) is 0 Å². The van der Waals surface area contributed by atoms with Crippen LogP contribution in [0.2, 0.25) is 0 Å².